The van der Waals surface area contributed by atoms with Crippen LogP contribution in [0.25, 0.3) is 0 Å². The fourth-order valence-corrected chi connectivity index (χ4v) is 3.90. The molecule has 0 bridgehead atoms. The average molecular weight is 355 g/mol. The van der Waals surface area contributed by atoms with Crippen LogP contribution in [0, 0.1) is 0 Å². The molecule has 1 aromatic carbocycles. The van der Waals surface area contributed by atoms with Crippen molar-refractivity contribution in [2.24, 2.45) is 0 Å². The summed E-state index contributed by atoms with van der Waals surface area (Å²) in [5.74, 6) is 0.861. The number of carbonyl (C=O) groups excluding carboxylic acids is 1. The molecule has 1 aromatic rings. The first-order chi connectivity index (χ1) is 11.3. The largest absolute Gasteiger partial charge is 0.491 e. The summed E-state index contributed by atoms with van der Waals surface area (Å²) < 4.78 is 33.7. The smallest absolute Gasteiger partial charge is 0.309 e. The Kier molecular flexibility index (Phi) is 6.23. The van der Waals surface area contributed by atoms with Gasteiger partial charge in [-0.25, -0.2) is 8.42 Å². The Labute approximate surface area is 143 Å². The molecular weight excluding hydrogens is 330 g/mol. The molecule has 0 spiro atoms. The van der Waals surface area contributed by atoms with Gasteiger partial charge in [0.1, 0.15) is 5.75 Å². The van der Waals surface area contributed by atoms with Gasteiger partial charge in [-0.3, -0.25) is 9.69 Å². The molecule has 0 N–H and O–H groups in total. The van der Waals surface area contributed by atoms with Gasteiger partial charge in [0.15, 0.2) is 9.84 Å². The van der Waals surface area contributed by atoms with Gasteiger partial charge in [-0.05, 0) is 25.5 Å². The van der Waals surface area contributed by atoms with Gasteiger partial charge in [0, 0.05) is 25.2 Å². The summed E-state index contributed by atoms with van der Waals surface area (Å²) in [6.07, 6.45) is 0.247. The van der Waals surface area contributed by atoms with Crippen LogP contribution in [-0.2, 0) is 32.3 Å². The maximum Gasteiger partial charge on any atom is 0.309 e. The standard InChI is InChI=1S/C17H25NO5S/c1-13(2)23-16-5-4-14(11-17(19)22-3)10-15(16)12-18-6-8-24(20,21)9-7-18/h4-5,10,13H,6-9,11-12H2,1-3H3. The Morgan fingerprint density at radius 1 is 1.25 bits per heavy atom. The summed E-state index contributed by atoms with van der Waals surface area (Å²) in [5.41, 5.74) is 1.82. The summed E-state index contributed by atoms with van der Waals surface area (Å²) in [7, 11) is -1.53. The van der Waals surface area contributed by atoms with Crippen molar-refractivity contribution in [3.63, 3.8) is 0 Å². The highest BCUT2D eigenvalue weighted by atomic mass is 32.2. The summed E-state index contributed by atoms with van der Waals surface area (Å²) in [6.45, 7) is 5.56. The number of sulfone groups is 1. The lowest BCUT2D eigenvalue weighted by molar-refractivity contribution is -0.139. The first-order valence-corrected chi connectivity index (χ1v) is 9.89. The molecule has 0 amide bonds. The number of hydrogen-bond acceptors (Lipinski definition) is 6. The van der Waals surface area contributed by atoms with Crippen molar-refractivity contribution in [3.05, 3.63) is 29.3 Å². The zero-order chi connectivity index (χ0) is 17.7. The second kappa shape index (κ2) is 7.98. The highest BCUT2D eigenvalue weighted by Crippen LogP contribution is 2.24. The Morgan fingerprint density at radius 2 is 1.92 bits per heavy atom. The number of nitrogens with zero attached hydrogens (tertiary/aromatic N) is 1. The van der Waals surface area contributed by atoms with E-state index in [-0.39, 0.29) is 30.0 Å². The third-order valence-electron chi connectivity index (χ3n) is 3.89. The summed E-state index contributed by atoms with van der Waals surface area (Å²) in [5, 5.41) is 0. The number of hydrogen-bond donors (Lipinski definition) is 0. The minimum absolute atomic E-state index is 0.0388. The van der Waals surface area contributed by atoms with Crippen molar-refractivity contribution in [1.29, 1.82) is 0 Å². The van der Waals surface area contributed by atoms with Crippen molar-refractivity contribution >= 4 is 15.8 Å². The average Bonchev–Trinajstić information content (AvgIpc) is 2.51. The molecule has 0 aromatic heterocycles. The Bertz CT molecular complexity index is 670. The molecular formula is C17H25NO5S. The molecule has 6 nitrogen and oxygen atoms in total. The van der Waals surface area contributed by atoms with E-state index < -0.39 is 9.84 Å². The third kappa shape index (κ3) is 5.49. The predicted molar refractivity (Wildman–Crippen MR) is 91.9 cm³/mol. The summed E-state index contributed by atoms with van der Waals surface area (Å²) in [4.78, 5) is 13.6. The van der Waals surface area contributed by atoms with E-state index in [1.54, 1.807) is 0 Å². The van der Waals surface area contributed by atoms with E-state index in [0.717, 1.165) is 16.9 Å². The minimum Gasteiger partial charge on any atom is -0.491 e. The summed E-state index contributed by atoms with van der Waals surface area (Å²) >= 11 is 0. The molecule has 0 radical (unpaired) electrons. The molecule has 0 unspecified atom stereocenters. The predicted octanol–water partition coefficient (Wildman–Crippen LogP) is 1.42. The van der Waals surface area contributed by atoms with E-state index in [1.165, 1.54) is 7.11 Å². The molecule has 1 aliphatic rings. The Morgan fingerprint density at radius 3 is 2.50 bits per heavy atom. The number of methoxy groups -OCH3 is 1. The third-order valence-corrected chi connectivity index (χ3v) is 5.50. The van der Waals surface area contributed by atoms with Crippen LogP contribution in [0.2, 0.25) is 0 Å². The first-order valence-electron chi connectivity index (χ1n) is 8.07. The second-order valence-electron chi connectivity index (χ2n) is 6.29. The topological polar surface area (TPSA) is 72.9 Å². The van der Waals surface area contributed by atoms with Gasteiger partial charge >= 0.3 is 5.97 Å². The van der Waals surface area contributed by atoms with Gasteiger partial charge in [0.2, 0.25) is 0 Å². The number of ether oxygens (including phenoxy) is 2. The molecule has 1 aliphatic heterocycles. The van der Waals surface area contributed by atoms with Crippen molar-refractivity contribution in [3.8, 4) is 5.75 Å². The molecule has 1 saturated heterocycles. The molecule has 7 heteroatoms. The molecule has 0 saturated carbocycles. The van der Waals surface area contributed by atoms with Crippen molar-refractivity contribution in [2.45, 2.75) is 32.9 Å². The van der Waals surface area contributed by atoms with E-state index in [1.807, 2.05) is 32.0 Å². The Hall–Kier alpha value is -1.60. The van der Waals surface area contributed by atoms with E-state index in [4.69, 9.17) is 9.47 Å². The lowest BCUT2D eigenvalue weighted by atomic mass is 10.1. The fraction of sp³-hybridized carbons (Fsp3) is 0.588. The zero-order valence-corrected chi connectivity index (χ0v) is 15.3. The van der Waals surface area contributed by atoms with Crippen LogP contribution >= 0.6 is 0 Å². The van der Waals surface area contributed by atoms with Gasteiger partial charge < -0.3 is 9.47 Å². The van der Waals surface area contributed by atoms with Crippen LogP contribution in [0.4, 0.5) is 0 Å². The van der Waals surface area contributed by atoms with Crippen molar-refractivity contribution in [2.75, 3.05) is 31.7 Å². The molecule has 1 fully saturated rings. The van der Waals surface area contributed by atoms with Gasteiger partial charge in [0.05, 0.1) is 31.1 Å². The SMILES string of the molecule is COC(=O)Cc1ccc(OC(C)C)c(CN2CCS(=O)(=O)CC2)c1. The number of carbonyl (C=O) groups is 1. The van der Waals surface area contributed by atoms with Crippen molar-refractivity contribution in [1.82, 2.24) is 4.90 Å². The normalized spacial score (nSPS) is 17.7. The maximum absolute atomic E-state index is 11.6. The lowest BCUT2D eigenvalue weighted by Crippen LogP contribution is -2.39. The van der Waals surface area contributed by atoms with Crippen LogP contribution in [0.3, 0.4) is 0 Å². The Balaban J connectivity index is 2.17. The molecule has 1 heterocycles. The highest BCUT2D eigenvalue weighted by Gasteiger charge is 2.22. The van der Waals surface area contributed by atoms with E-state index in [9.17, 15) is 13.2 Å². The molecule has 24 heavy (non-hydrogen) atoms. The molecule has 0 aliphatic carbocycles. The first kappa shape index (κ1) is 18.7. The van der Waals surface area contributed by atoms with E-state index in [2.05, 4.69) is 4.90 Å². The van der Waals surface area contributed by atoms with Gasteiger partial charge in [-0.15, -0.1) is 0 Å². The minimum atomic E-state index is -2.90. The number of rotatable bonds is 6. The molecule has 134 valence electrons. The van der Waals surface area contributed by atoms with Crippen LogP contribution in [0.5, 0.6) is 5.75 Å². The van der Waals surface area contributed by atoms with Crippen LogP contribution in [-0.4, -0.2) is 57.1 Å². The van der Waals surface area contributed by atoms with Crippen LogP contribution in [0.1, 0.15) is 25.0 Å². The quantitative estimate of drug-likeness (QED) is 0.719. The van der Waals surface area contributed by atoms with Crippen LogP contribution < -0.4 is 4.74 Å². The second-order valence-corrected chi connectivity index (χ2v) is 8.59. The number of esters is 1. The summed E-state index contributed by atoms with van der Waals surface area (Å²) in [6, 6.07) is 5.67. The molecule has 2 rings (SSSR count). The van der Waals surface area contributed by atoms with Gasteiger partial charge in [-0.1, -0.05) is 12.1 Å². The van der Waals surface area contributed by atoms with Gasteiger partial charge in [-0.2, -0.15) is 0 Å². The fourth-order valence-electron chi connectivity index (χ4n) is 2.62. The van der Waals surface area contributed by atoms with E-state index in [0.29, 0.717) is 19.6 Å². The van der Waals surface area contributed by atoms with Crippen molar-refractivity contribution < 1.29 is 22.7 Å². The van der Waals surface area contributed by atoms with Crippen LogP contribution in [0.15, 0.2) is 18.2 Å². The van der Waals surface area contributed by atoms with Gasteiger partial charge in [0.25, 0.3) is 0 Å². The molecule has 0 atom stereocenters. The zero-order valence-electron chi connectivity index (χ0n) is 14.4. The lowest BCUT2D eigenvalue weighted by Gasteiger charge is -2.27. The highest BCUT2D eigenvalue weighted by molar-refractivity contribution is 7.91. The number of benzene rings is 1. The van der Waals surface area contributed by atoms with E-state index >= 15 is 0 Å². The maximum atomic E-state index is 11.6. The monoisotopic (exact) mass is 355 g/mol.